The van der Waals surface area contributed by atoms with Gasteiger partial charge in [-0.05, 0) is 47.9 Å². The second-order valence-electron chi connectivity index (χ2n) is 8.76. The molecule has 0 radical (unpaired) electrons. The monoisotopic (exact) mass is 378 g/mol. The Hall–Kier alpha value is -3.40. The first-order valence-electron chi connectivity index (χ1n) is 10.4. The van der Waals surface area contributed by atoms with Gasteiger partial charge in [-0.2, -0.15) is 0 Å². The summed E-state index contributed by atoms with van der Waals surface area (Å²) in [5, 5.41) is 20.6. The maximum atomic E-state index is 3.87. The highest BCUT2D eigenvalue weighted by Gasteiger charge is 2.51. The third kappa shape index (κ3) is 2.09. The average molecular weight is 378 g/mol. The van der Waals surface area contributed by atoms with E-state index < -0.39 is 0 Å². The summed E-state index contributed by atoms with van der Waals surface area (Å²) in [7, 11) is 0. The van der Waals surface area contributed by atoms with Crippen molar-refractivity contribution in [2.45, 2.75) is 30.6 Å². The maximum Gasteiger partial charge on any atom is 0.112 e. The van der Waals surface area contributed by atoms with E-state index in [0.29, 0.717) is 0 Å². The van der Waals surface area contributed by atoms with Gasteiger partial charge in [0.15, 0.2) is 0 Å². The Morgan fingerprint density at radius 3 is 1.17 bits per heavy atom. The third-order valence-electron chi connectivity index (χ3n) is 6.89. The van der Waals surface area contributed by atoms with Crippen LogP contribution in [0.3, 0.4) is 0 Å². The van der Waals surface area contributed by atoms with Crippen LogP contribution in [-0.2, 0) is 0 Å². The second-order valence-corrected chi connectivity index (χ2v) is 8.76. The summed E-state index contributed by atoms with van der Waals surface area (Å²) < 4.78 is 0. The molecule has 4 aromatic carbocycles. The Morgan fingerprint density at radius 2 is 0.828 bits per heavy atom. The van der Waals surface area contributed by atoms with Crippen molar-refractivity contribution in [3.8, 4) is 0 Å². The summed E-state index contributed by atoms with van der Waals surface area (Å²) in [6.45, 7) is 0. The SMILES string of the molecule is c1cc2c3c(cccc3c1)NC1(CCC3(C1)Nc1cccc4cccc(c14)N3)N2. The molecule has 7 rings (SSSR count). The van der Waals surface area contributed by atoms with Gasteiger partial charge in [0, 0.05) is 39.9 Å². The molecule has 1 aliphatic carbocycles. The quantitative estimate of drug-likeness (QED) is 0.306. The summed E-state index contributed by atoms with van der Waals surface area (Å²) >= 11 is 0. The second kappa shape index (κ2) is 5.15. The van der Waals surface area contributed by atoms with Gasteiger partial charge in [0.25, 0.3) is 0 Å². The molecule has 4 nitrogen and oxygen atoms in total. The lowest BCUT2D eigenvalue weighted by molar-refractivity contribution is 0.489. The van der Waals surface area contributed by atoms with Crippen LogP contribution < -0.4 is 21.3 Å². The first kappa shape index (κ1) is 15.5. The van der Waals surface area contributed by atoms with Crippen LogP contribution in [0.1, 0.15) is 19.3 Å². The van der Waals surface area contributed by atoms with Gasteiger partial charge in [-0.1, -0.05) is 48.5 Å². The number of anilines is 4. The Labute approximate surface area is 169 Å². The molecule has 4 heteroatoms. The van der Waals surface area contributed by atoms with Crippen LogP contribution in [0.4, 0.5) is 22.7 Å². The van der Waals surface area contributed by atoms with Gasteiger partial charge in [-0.25, -0.2) is 0 Å². The molecule has 1 fully saturated rings. The zero-order valence-electron chi connectivity index (χ0n) is 16.0. The van der Waals surface area contributed by atoms with Crippen molar-refractivity contribution >= 4 is 44.3 Å². The van der Waals surface area contributed by atoms with E-state index in [1.54, 1.807) is 0 Å². The van der Waals surface area contributed by atoms with E-state index in [4.69, 9.17) is 0 Å². The Balaban J connectivity index is 1.29. The van der Waals surface area contributed by atoms with Crippen molar-refractivity contribution < 1.29 is 0 Å². The van der Waals surface area contributed by atoms with Gasteiger partial charge in [-0.3, -0.25) is 0 Å². The number of benzene rings is 4. The first-order valence-corrected chi connectivity index (χ1v) is 10.4. The molecule has 0 unspecified atom stereocenters. The molecule has 0 aromatic heterocycles. The van der Waals surface area contributed by atoms with Crippen molar-refractivity contribution in [1.82, 2.24) is 0 Å². The van der Waals surface area contributed by atoms with Crippen molar-refractivity contribution in [3.63, 3.8) is 0 Å². The fourth-order valence-corrected chi connectivity index (χ4v) is 5.74. The molecule has 3 aliphatic rings. The Morgan fingerprint density at radius 1 is 0.483 bits per heavy atom. The lowest BCUT2D eigenvalue weighted by Gasteiger charge is -2.43. The normalized spacial score (nSPS) is 19.6. The molecule has 0 atom stereocenters. The minimum Gasteiger partial charge on any atom is -0.362 e. The van der Waals surface area contributed by atoms with Crippen LogP contribution in [0, 0.1) is 0 Å². The van der Waals surface area contributed by atoms with Gasteiger partial charge in [0.2, 0.25) is 0 Å². The van der Waals surface area contributed by atoms with Crippen molar-refractivity contribution in [2.75, 3.05) is 21.3 Å². The first-order chi connectivity index (χ1) is 14.2. The maximum absolute atomic E-state index is 3.87. The average Bonchev–Trinajstić information content (AvgIpc) is 3.04. The highest BCUT2D eigenvalue weighted by atomic mass is 15.3. The molecule has 142 valence electrons. The number of rotatable bonds is 0. The topological polar surface area (TPSA) is 48.1 Å². The van der Waals surface area contributed by atoms with Crippen molar-refractivity contribution in [2.24, 2.45) is 0 Å². The third-order valence-corrected chi connectivity index (χ3v) is 6.89. The molecule has 4 aromatic rings. The zero-order valence-corrected chi connectivity index (χ0v) is 16.0. The number of hydrogen-bond acceptors (Lipinski definition) is 4. The minimum absolute atomic E-state index is 0.164. The zero-order chi connectivity index (χ0) is 19.1. The summed E-state index contributed by atoms with van der Waals surface area (Å²) in [6, 6.07) is 26.1. The van der Waals surface area contributed by atoms with E-state index in [-0.39, 0.29) is 11.3 Å². The molecular weight excluding hydrogens is 356 g/mol. The Bertz CT molecular complexity index is 1130. The van der Waals surface area contributed by atoms with Crippen LogP contribution in [0.15, 0.2) is 72.8 Å². The highest BCUT2D eigenvalue weighted by molar-refractivity contribution is 6.06. The molecule has 2 aliphatic heterocycles. The van der Waals surface area contributed by atoms with E-state index in [9.17, 15) is 0 Å². The van der Waals surface area contributed by atoms with Crippen LogP contribution in [0.2, 0.25) is 0 Å². The molecule has 2 heterocycles. The smallest absolute Gasteiger partial charge is 0.112 e. The van der Waals surface area contributed by atoms with Crippen LogP contribution in [0.5, 0.6) is 0 Å². The molecule has 1 saturated carbocycles. The van der Waals surface area contributed by atoms with Gasteiger partial charge in [-0.15, -0.1) is 0 Å². The minimum atomic E-state index is -0.164. The van der Waals surface area contributed by atoms with Crippen LogP contribution in [-0.4, -0.2) is 11.3 Å². The van der Waals surface area contributed by atoms with E-state index in [2.05, 4.69) is 94.1 Å². The predicted octanol–water partition coefficient (Wildman–Crippen LogP) is 5.94. The van der Waals surface area contributed by atoms with Crippen LogP contribution >= 0.6 is 0 Å². The van der Waals surface area contributed by atoms with E-state index in [1.165, 1.54) is 44.3 Å². The lowest BCUT2D eigenvalue weighted by atomic mass is 9.95. The fraction of sp³-hybridized carbons (Fsp3) is 0.200. The molecule has 0 bridgehead atoms. The molecule has 2 spiro atoms. The van der Waals surface area contributed by atoms with E-state index in [0.717, 1.165) is 19.3 Å². The number of hydrogen-bond donors (Lipinski definition) is 4. The summed E-state index contributed by atoms with van der Waals surface area (Å²) in [5.41, 5.74) is 4.59. The molecule has 29 heavy (non-hydrogen) atoms. The molecule has 0 saturated heterocycles. The van der Waals surface area contributed by atoms with Crippen molar-refractivity contribution in [1.29, 1.82) is 0 Å². The lowest BCUT2D eigenvalue weighted by Crippen LogP contribution is -2.52. The van der Waals surface area contributed by atoms with Gasteiger partial charge in [0.05, 0.1) is 0 Å². The summed E-state index contributed by atoms with van der Waals surface area (Å²) in [4.78, 5) is 0. The van der Waals surface area contributed by atoms with Crippen molar-refractivity contribution in [3.05, 3.63) is 72.8 Å². The summed E-state index contributed by atoms with van der Waals surface area (Å²) in [5.74, 6) is 0. The van der Waals surface area contributed by atoms with Gasteiger partial charge < -0.3 is 21.3 Å². The Kier molecular flexibility index (Phi) is 2.75. The standard InChI is InChI=1S/C25H22N4/c1-5-16-6-2-10-19-22(16)18(9-1)26-24(27-19)13-14-25(15-24)28-20-11-3-7-17-8-4-12-21(29-25)23(17)20/h1-12,26-29H,13-15H2. The highest BCUT2D eigenvalue weighted by Crippen LogP contribution is 2.50. The van der Waals surface area contributed by atoms with E-state index >= 15 is 0 Å². The molecule has 0 amide bonds. The molecule has 4 N–H and O–H groups in total. The fourth-order valence-electron chi connectivity index (χ4n) is 5.74. The van der Waals surface area contributed by atoms with Gasteiger partial charge in [0.1, 0.15) is 11.3 Å². The molecular formula is C25H22N4. The number of nitrogens with one attached hydrogen (secondary N) is 4. The van der Waals surface area contributed by atoms with E-state index in [1.807, 2.05) is 0 Å². The van der Waals surface area contributed by atoms with Gasteiger partial charge >= 0.3 is 0 Å². The summed E-state index contributed by atoms with van der Waals surface area (Å²) in [6.07, 6.45) is 3.02. The predicted molar refractivity (Wildman–Crippen MR) is 122 cm³/mol. The largest absolute Gasteiger partial charge is 0.362 e. The van der Waals surface area contributed by atoms with Crippen LogP contribution in [0.25, 0.3) is 21.5 Å².